The Labute approximate surface area is 62.2 Å². The van der Waals surface area contributed by atoms with Crippen molar-refractivity contribution in [3.8, 4) is 0 Å². The number of carbonyl (C=O) groups excluding carboxylic acids is 1. The molecular weight excluding hydrogens is 126 g/mol. The lowest BCUT2D eigenvalue weighted by atomic mass is 9.99. The van der Waals surface area contributed by atoms with Crippen LogP contribution in [0.5, 0.6) is 0 Å². The highest BCUT2D eigenvalue weighted by atomic mass is 16.1. The lowest BCUT2D eigenvalue weighted by Crippen LogP contribution is -2.42. The largest absolute Gasteiger partial charge is 0.301 e. The molecule has 2 heteroatoms. The van der Waals surface area contributed by atoms with E-state index in [1.807, 2.05) is 19.0 Å². The van der Waals surface area contributed by atoms with Gasteiger partial charge in [0.1, 0.15) is 6.29 Å². The highest BCUT2D eigenvalue weighted by Crippen LogP contribution is 2.31. The van der Waals surface area contributed by atoms with Crippen LogP contribution in [0.3, 0.4) is 0 Å². The summed E-state index contributed by atoms with van der Waals surface area (Å²) in [7, 11) is 3.97. The number of likely N-dealkylation sites (N-methyl/N-ethyl adjacent to an activating group) is 1. The molecule has 0 spiro atoms. The first kappa shape index (κ1) is 7.73. The zero-order chi connectivity index (χ0) is 7.61. The predicted octanol–water partition coefficient (Wildman–Crippen LogP) is 1.06. The summed E-state index contributed by atoms with van der Waals surface area (Å²) >= 11 is 0. The first-order chi connectivity index (χ1) is 4.71. The van der Waals surface area contributed by atoms with E-state index in [2.05, 4.69) is 0 Å². The van der Waals surface area contributed by atoms with E-state index in [-0.39, 0.29) is 5.54 Å². The fourth-order valence-corrected chi connectivity index (χ4v) is 1.66. The standard InChI is InChI=1S/C8H15NO/c1-9(2)8(7-10)5-3-4-6-8/h7H,3-6H2,1-2H3. The van der Waals surface area contributed by atoms with Gasteiger partial charge in [0, 0.05) is 0 Å². The second-order valence-corrected chi connectivity index (χ2v) is 3.32. The second-order valence-electron chi connectivity index (χ2n) is 3.32. The highest BCUT2D eigenvalue weighted by Gasteiger charge is 2.35. The molecule has 1 aliphatic carbocycles. The van der Waals surface area contributed by atoms with Gasteiger partial charge in [-0.1, -0.05) is 12.8 Å². The molecule has 0 N–H and O–H groups in total. The average Bonchev–Trinajstić information content (AvgIpc) is 2.35. The van der Waals surface area contributed by atoms with Gasteiger partial charge in [-0.15, -0.1) is 0 Å². The molecule has 0 atom stereocenters. The van der Waals surface area contributed by atoms with Crippen molar-refractivity contribution >= 4 is 6.29 Å². The molecule has 0 aromatic rings. The maximum absolute atomic E-state index is 10.7. The molecule has 0 unspecified atom stereocenters. The number of hydrogen-bond acceptors (Lipinski definition) is 2. The van der Waals surface area contributed by atoms with Crippen LogP contribution in [0.1, 0.15) is 25.7 Å². The summed E-state index contributed by atoms with van der Waals surface area (Å²) in [4.78, 5) is 12.8. The Morgan fingerprint density at radius 3 is 2.00 bits per heavy atom. The van der Waals surface area contributed by atoms with Crippen molar-refractivity contribution in [1.82, 2.24) is 4.90 Å². The summed E-state index contributed by atoms with van der Waals surface area (Å²) in [5, 5.41) is 0. The van der Waals surface area contributed by atoms with Crippen LogP contribution < -0.4 is 0 Å². The van der Waals surface area contributed by atoms with Crippen LogP contribution >= 0.6 is 0 Å². The van der Waals surface area contributed by atoms with Gasteiger partial charge in [0.2, 0.25) is 0 Å². The van der Waals surface area contributed by atoms with Crippen LogP contribution in [0.15, 0.2) is 0 Å². The third-order valence-electron chi connectivity index (χ3n) is 2.58. The zero-order valence-corrected chi connectivity index (χ0v) is 6.76. The Hall–Kier alpha value is -0.370. The van der Waals surface area contributed by atoms with E-state index >= 15 is 0 Å². The number of hydrogen-bond donors (Lipinski definition) is 0. The molecule has 1 rings (SSSR count). The number of rotatable bonds is 2. The van der Waals surface area contributed by atoms with Crippen LogP contribution in [-0.2, 0) is 4.79 Å². The molecule has 10 heavy (non-hydrogen) atoms. The van der Waals surface area contributed by atoms with Gasteiger partial charge in [-0.25, -0.2) is 0 Å². The van der Waals surface area contributed by atoms with Crippen molar-refractivity contribution in [3.05, 3.63) is 0 Å². The van der Waals surface area contributed by atoms with E-state index in [1.165, 1.54) is 12.8 Å². The normalized spacial score (nSPS) is 23.5. The Kier molecular flexibility index (Phi) is 2.09. The van der Waals surface area contributed by atoms with Gasteiger partial charge >= 0.3 is 0 Å². The Balaban J connectivity index is 2.67. The molecule has 0 aliphatic heterocycles. The molecule has 0 amide bonds. The van der Waals surface area contributed by atoms with E-state index in [0.29, 0.717) is 0 Å². The molecule has 0 radical (unpaired) electrons. The summed E-state index contributed by atoms with van der Waals surface area (Å²) in [6, 6.07) is 0. The molecule has 0 aromatic carbocycles. The SMILES string of the molecule is CN(C)C1(C=O)CCCC1. The minimum Gasteiger partial charge on any atom is -0.301 e. The fraction of sp³-hybridized carbons (Fsp3) is 0.875. The topological polar surface area (TPSA) is 20.3 Å². The van der Waals surface area contributed by atoms with E-state index in [1.54, 1.807) is 0 Å². The van der Waals surface area contributed by atoms with Crippen molar-refractivity contribution < 1.29 is 4.79 Å². The Bertz CT molecular complexity index is 125. The van der Waals surface area contributed by atoms with Crippen molar-refractivity contribution in [1.29, 1.82) is 0 Å². The molecule has 0 aromatic heterocycles. The number of carbonyl (C=O) groups is 1. The van der Waals surface area contributed by atoms with Gasteiger partial charge in [0.25, 0.3) is 0 Å². The Morgan fingerprint density at radius 1 is 1.30 bits per heavy atom. The first-order valence-electron chi connectivity index (χ1n) is 3.85. The molecule has 1 aliphatic rings. The van der Waals surface area contributed by atoms with Gasteiger partial charge in [-0.2, -0.15) is 0 Å². The highest BCUT2D eigenvalue weighted by molar-refractivity contribution is 5.64. The van der Waals surface area contributed by atoms with Gasteiger partial charge in [-0.3, -0.25) is 4.90 Å². The zero-order valence-electron chi connectivity index (χ0n) is 6.76. The smallest absolute Gasteiger partial charge is 0.140 e. The molecule has 0 heterocycles. The molecule has 1 fully saturated rings. The van der Waals surface area contributed by atoms with Crippen molar-refractivity contribution in [2.45, 2.75) is 31.2 Å². The van der Waals surface area contributed by atoms with Crippen LogP contribution in [0.2, 0.25) is 0 Å². The molecule has 2 nitrogen and oxygen atoms in total. The van der Waals surface area contributed by atoms with E-state index in [0.717, 1.165) is 19.1 Å². The maximum atomic E-state index is 10.7. The van der Waals surface area contributed by atoms with Gasteiger partial charge < -0.3 is 4.79 Å². The quantitative estimate of drug-likeness (QED) is 0.536. The van der Waals surface area contributed by atoms with Crippen LogP contribution in [0.4, 0.5) is 0 Å². The van der Waals surface area contributed by atoms with Crippen molar-refractivity contribution in [2.75, 3.05) is 14.1 Å². The summed E-state index contributed by atoms with van der Waals surface area (Å²) < 4.78 is 0. The summed E-state index contributed by atoms with van der Waals surface area (Å²) in [5.74, 6) is 0. The summed E-state index contributed by atoms with van der Waals surface area (Å²) in [6.45, 7) is 0. The average molecular weight is 141 g/mol. The predicted molar refractivity (Wildman–Crippen MR) is 41.0 cm³/mol. The number of nitrogens with zero attached hydrogens (tertiary/aromatic N) is 1. The third-order valence-corrected chi connectivity index (χ3v) is 2.58. The maximum Gasteiger partial charge on any atom is 0.140 e. The first-order valence-corrected chi connectivity index (χ1v) is 3.85. The summed E-state index contributed by atoms with van der Waals surface area (Å²) in [5.41, 5.74) is -0.111. The van der Waals surface area contributed by atoms with Crippen molar-refractivity contribution in [3.63, 3.8) is 0 Å². The van der Waals surface area contributed by atoms with Gasteiger partial charge in [-0.05, 0) is 26.9 Å². The molecule has 0 saturated heterocycles. The van der Waals surface area contributed by atoms with Crippen LogP contribution in [0, 0.1) is 0 Å². The van der Waals surface area contributed by atoms with E-state index in [4.69, 9.17) is 0 Å². The van der Waals surface area contributed by atoms with Gasteiger partial charge in [0.15, 0.2) is 0 Å². The third kappa shape index (κ3) is 1.08. The lowest BCUT2D eigenvalue weighted by Gasteiger charge is -2.29. The fourth-order valence-electron chi connectivity index (χ4n) is 1.66. The molecule has 1 saturated carbocycles. The van der Waals surface area contributed by atoms with Crippen LogP contribution in [-0.4, -0.2) is 30.8 Å². The Morgan fingerprint density at radius 2 is 1.80 bits per heavy atom. The monoisotopic (exact) mass is 141 g/mol. The number of aldehydes is 1. The summed E-state index contributed by atoms with van der Waals surface area (Å²) in [6.07, 6.45) is 5.61. The molecule has 0 bridgehead atoms. The minimum atomic E-state index is -0.111. The lowest BCUT2D eigenvalue weighted by molar-refractivity contribution is -0.116. The molecular formula is C8H15NO. The van der Waals surface area contributed by atoms with E-state index in [9.17, 15) is 4.79 Å². The van der Waals surface area contributed by atoms with Gasteiger partial charge in [0.05, 0.1) is 5.54 Å². The van der Waals surface area contributed by atoms with Crippen molar-refractivity contribution in [2.24, 2.45) is 0 Å². The van der Waals surface area contributed by atoms with Crippen LogP contribution in [0.25, 0.3) is 0 Å². The molecule has 58 valence electrons. The van der Waals surface area contributed by atoms with E-state index < -0.39 is 0 Å². The minimum absolute atomic E-state index is 0.111. The second kappa shape index (κ2) is 2.70.